The number of alkyl halides is 2. The van der Waals surface area contributed by atoms with Crippen molar-refractivity contribution in [3.05, 3.63) is 52.5 Å². The Hall–Kier alpha value is -2.34. The van der Waals surface area contributed by atoms with Gasteiger partial charge in [0, 0.05) is 23.3 Å². The highest BCUT2D eigenvalue weighted by molar-refractivity contribution is 6.30. The molecule has 0 atom stereocenters. The monoisotopic (exact) mass is 355 g/mol. The van der Waals surface area contributed by atoms with E-state index in [1.807, 2.05) is 0 Å². The molecule has 2 rings (SSSR count). The fourth-order valence-corrected chi connectivity index (χ4v) is 2.23. The van der Waals surface area contributed by atoms with E-state index in [1.54, 1.807) is 24.3 Å². The van der Waals surface area contributed by atoms with Gasteiger partial charge in [0.25, 0.3) is 0 Å². The van der Waals surface area contributed by atoms with Crippen LogP contribution >= 0.6 is 11.6 Å². The molecule has 0 aliphatic rings. The van der Waals surface area contributed by atoms with Gasteiger partial charge in [-0.25, -0.2) is 0 Å². The second kappa shape index (κ2) is 8.49. The Morgan fingerprint density at radius 2 is 2.00 bits per heavy atom. The molecule has 0 aliphatic carbocycles. The average Bonchev–Trinajstić information content (AvgIpc) is 2.55. The summed E-state index contributed by atoms with van der Waals surface area (Å²) < 4.78 is 34.0. The van der Waals surface area contributed by atoms with Crippen LogP contribution in [0.25, 0.3) is 0 Å². The van der Waals surface area contributed by atoms with Crippen molar-refractivity contribution in [3.63, 3.8) is 0 Å². The topological polar surface area (TPSA) is 51.0 Å². The molecule has 2 aromatic carbocycles. The molecule has 0 heterocycles. The number of hydrogen-bond donors (Lipinski definition) is 1. The van der Waals surface area contributed by atoms with Crippen molar-refractivity contribution in [3.8, 4) is 17.2 Å². The first-order chi connectivity index (χ1) is 11.5. The van der Waals surface area contributed by atoms with Gasteiger partial charge in [-0.15, -0.1) is 0 Å². The molecule has 0 spiro atoms. The zero-order valence-corrected chi connectivity index (χ0v) is 13.6. The first-order valence-electron chi connectivity index (χ1n) is 7.09. The average molecular weight is 356 g/mol. The van der Waals surface area contributed by atoms with Gasteiger partial charge in [-0.05, 0) is 42.3 Å². The van der Waals surface area contributed by atoms with Crippen LogP contribution in [0.5, 0.6) is 17.2 Å². The maximum absolute atomic E-state index is 12.3. The van der Waals surface area contributed by atoms with Crippen LogP contribution in [-0.4, -0.2) is 31.6 Å². The molecule has 0 aliphatic heterocycles. The molecule has 0 unspecified atom stereocenters. The number of hydrogen-bond acceptors (Lipinski definition) is 4. The zero-order chi connectivity index (χ0) is 17.5. The van der Waals surface area contributed by atoms with Crippen molar-refractivity contribution < 1.29 is 23.4 Å². The first kappa shape index (κ1) is 18.0. The van der Waals surface area contributed by atoms with Gasteiger partial charge in [-0.2, -0.15) is 8.78 Å². The summed E-state index contributed by atoms with van der Waals surface area (Å²) in [6.45, 7) is -2.45. The molecular formula is C17H16ClF2NO3. The third-order valence-corrected chi connectivity index (χ3v) is 3.43. The van der Waals surface area contributed by atoms with Gasteiger partial charge < -0.3 is 14.6 Å². The fourth-order valence-electron chi connectivity index (χ4n) is 2.05. The summed E-state index contributed by atoms with van der Waals surface area (Å²) in [4.78, 5) is 4.23. The molecule has 7 heteroatoms. The van der Waals surface area contributed by atoms with Crippen molar-refractivity contribution in [2.24, 2.45) is 4.99 Å². The van der Waals surface area contributed by atoms with Crippen LogP contribution in [0.15, 0.2) is 41.4 Å². The molecule has 128 valence electrons. The van der Waals surface area contributed by atoms with E-state index in [0.717, 1.165) is 5.56 Å². The van der Waals surface area contributed by atoms with E-state index in [1.165, 1.54) is 25.5 Å². The maximum Gasteiger partial charge on any atom is 0.387 e. The number of halogens is 3. The van der Waals surface area contributed by atoms with Crippen molar-refractivity contribution in [2.45, 2.75) is 13.0 Å². The number of nitrogens with zero attached hydrogens (tertiary/aromatic N) is 1. The molecule has 0 saturated heterocycles. The summed E-state index contributed by atoms with van der Waals surface area (Å²) in [5, 5.41) is 10.2. The molecular weight excluding hydrogens is 340 g/mol. The third-order valence-electron chi connectivity index (χ3n) is 3.19. The maximum atomic E-state index is 12.3. The molecule has 1 N–H and O–H groups in total. The summed E-state index contributed by atoms with van der Waals surface area (Å²) in [5.41, 5.74) is 1.39. The number of phenols is 1. The van der Waals surface area contributed by atoms with E-state index in [4.69, 9.17) is 16.3 Å². The fraction of sp³-hybridized carbons (Fsp3) is 0.235. The summed E-state index contributed by atoms with van der Waals surface area (Å²) in [5.74, 6) is 0.325. The van der Waals surface area contributed by atoms with Gasteiger partial charge in [0.1, 0.15) is 5.75 Å². The largest absolute Gasteiger partial charge is 0.507 e. The number of rotatable bonds is 7. The molecule has 4 nitrogen and oxygen atoms in total. The quantitative estimate of drug-likeness (QED) is 0.753. The molecule has 24 heavy (non-hydrogen) atoms. The van der Waals surface area contributed by atoms with E-state index < -0.39 is 6.61 Å². The lowest BCUT2D eigenvalue weighted by molar-refractivity contribution is -0.0512. The summed E-state index contributed by atoms with van der Waals surface area (Å²) in [7, 11) is 1.39. The Morgan fingerprint density at radius 1 is 1.21 bits per heavy atom. The van der Waals surface area contributed by atoms with E-state index in [0.29, 0.717) is 23.6 Å². The van der Waals surface area contributed by atoms with Crippen LogP contribution in [0.3, 0.4) is 0 Å². The van der Waals surface area contributed by atoms with Crippen LogP contribution in [0, 0.1) is 0 Å². The molecule has 0 fully saturated rings. The van der Waals surface area contributed by atoms with Crippen LogP contribution < -0.4 is 9.47 Å². The number of aliphatic imine (C=N–C) groups is 1. The number of aromatic hydroxyl groups is 1. The van der Waals surface area contributed by atoms with Gasteiger partial charge in [-0.1, -0.05) is 17.7 Å². The number of methoxy groups -OCH3 is 1. The second-order valence-corrected chi connectivity index (χ2v) is 5.29. The van der Waals surface area contributed by atoms with Crippen molar-refractivity contribution in [1.29, 1.82) is 0 Å². The third kappa shape index (κ3) is 5.09. The van der Waals surface area contributed by atoms with Crippen molar-refractivity contribution in [1.82, 2.24) is 0 Å². The summed E-state index contributed by atoms with van der Waals surface area (Å²) >= 11 is 5.86. The lowest BCUT2D eigenvalue weighted by Crippen LogP contribution is -2.04. The summed E-state index contributed by atoms with van der Waals surface area (Å²) in [6, 6.07) is 9.43. The van der Waals surface area contributed by atoms with Crippen LogP contribution in [0.4, 0.5) is 8.78 Å². The predicted molar refractivity (Wildman–Crippen MR) is 88.9 cm³/mol. The predicted octanol–water partition coefficient (Wildman–Crippen LogP) is 4.32. The van der Waals surface area contributed by atoms with Crippen LogP contribution in [0.1, 0.15) is 11.1 Å². The highest BCUT2D eigenvalue weighted by atomic mass is 35.5. The number of ether oxygens (including phenoxy) is 2. The van der Waals surface area contributed by atoms with Crippen LogP contribution in [0.2, 0.25) is 5.02 Å². The van der Waals surface area contributed by atoms with Crippen molar-refractivity contribution in [2.75, 3.05) is 13.7 Å². The normalized spacial score (nSPS) is 11.2. The van der Waals surface area contributed by atoms with Crippen LogP contribution in [-0.2, 0) is 6.42 Å². The minimum absolute atomic E-state index is 0.0106. The summed E-state index contributed by atoms with van der Waals surface area (Å²) in [6.07, 6.45) is 2.11. The molecule has 2 aromatic rings. The molecule has 0 amide bonds. The van der Waals surface area contributed by atoms with Gasteiger partial charge in [0.05, 0.1) is 7.11 Å². The highest BCUT2D eigenvalue weighted by Crippen LogP contribution is 2.29. The Bertz CT molecular complexity index is 723. The minimum Gasteiger partial charge on any atom is -0.507 e. The minimum atomic E-state index is -2.90. The second-order valence-electron chi connectivity index (χ2n) is 4.85. The van der Waals surface area contributed by atoms with E-state index in [2.05, 4.69) is 9.73 Å². The van der Waals surface area contributed by atoms with E-state index in [-0.39, 0.29) is 17.2 Å². The Labute approximate surface area is 143 Å². The Kier molecular flexibility index (Phi) is 6.37. The molecule has 0 aromatic heterocycles. The SMILES string of the molecule is COc1cc(CCN=Cc2cc(Cl)ccc2O)ccc1OC(F)F. The Balaban J connectivity index is 1.99. The van der Waals surface area contributed by atoms with E-state index in [9.17, 15) is 13.9 Å². The van der Waals surface area contributed by atoms with Gasteiger partial charge in [0.15, 0.2) is 11.5 Å². The molecule has 0 bridgehead atoms. The standard InChI is InChI=1S/C17H16ClF2NO3/c1-23-16-8-11(2-5-15(16)24-17(19)20)6-7-21-10-12-9-13(18)3-4-14(12)22/h2-5,8-10,17,22H,6-7H2,1H3. The smallest absolute Gasteiger partial charge is 0.387 e. The van der Waals surface area contributed by atoms with Gasteiger partial charge in [-0.3, -0.25) is 4.99 Å². The lowest BCUT2D eigenvalue weighted by atomic mass is 10.1. The van der Waals surface area contributed by atoms with E-state index >= 15 is 0 Å². The lowest BCUT2D eigenvalue weighted by Gasteiger charge is -2.11. The zero-order valence-electron chi connectivity index (χ0n) is 12.9. The number of benzene rings is 2. The Morgan fingerprint density at radius 3 is 2.71 bits per heavy atom. The molecule has 0 radical (unpaired) electrons. The van der Waals surface area contributed by atoms with Gasteiger partial charge in [0.2, 0.25) is 0 Å². The number of phenolic OH excluding ortho intramolecular Hbond substituents is 1. The van der Waals surface area contributed by atoms with Gasteiger partial charge >= 0.3 is 6.61 Å². The highest BCUT2D eigenvalue weighted by Gasteiger charge is 2.10. The first-order valence-corrected chi connectivity index (χ1v) is 7.47. The molecule has 0 saturated carbocycles. The van der Waals surface area contributed by atoms with Crippen molar-refractivity contribution >= 4 is 17.8 Å².